The summed E-state index contributed by atoms with van der Waals surface area (Å²) < 4.78 is 0.155. The van der Waals surface area contributed by atoms with Crippen molar-refractivity contribution in [1.82, 2.24) is 20.6 Å². The predicted octanol–water partition coefficient (Wildman–Crippen LogP) is 1.46. The largest absolute Gasteiger partial charge is 0.353 e. The molecule has 1 atom stereocenters. The fourth-order valence-corrected chi connectivity index (χ4v) is 3.38. The zero-order chi connectivity index (χ0) is 14.6. The number of nitrogens with zero attached hydrogens (tertiary/aromatic N) is 1. The van der Waals surface area contributed by atoms with Crippen molar-refractivity contribution in [2.45, 2.75) is 50.4 Å². The van der Waals surface area contributed by atoms with Crippen molar-refractivity contribution in [2.75, 3.05) is 12.8 Å². The third-order valence-electron chi connectivity index (χ3n) is 4.35. The van der Waals surface area contributed by atoms with Crippen LogP contribution in [-0.4, -0.2) is 39.5 Å². The van der Waals surface area contributed by atoms with E-state index in [0.717, 1.165) is 30.8 Å². The van der Waals surface area contributed by atoms with Crippen LogP contribution >= 0.6 is 11.8 Å². The quantitative estimate of drug-likeness (QED) is 0.743. The lowest BCUT2D eigenvalue weighted by molar-refractivity contribution is -0.123. The van der Waals surface area contributed by atoms with Crippen LogP contribution < -0.4 is 10.6 Å². The van der Waals surface area contributed by atoms with Crippen LogP contribution in [0.15, 0.2) is 6.33 Å². The van der Waals surface area contributed by atoms with E-state index in [-0.39, 0.29) is 16.7 Å². The molecule has 1 aliphatic rings. The second kappa shape index (κ2) is 6.63. The number of fused-ring (bicyclic) bond motifs is 1. The predicted molar refractivity (Wildman–Crippen MR) is 82.8 cm³/mol. The molecule has 112 valence electrons. The number of imidazole rings is 1. The number of thioether (sulfide) groups is 1. The van der Waals surface area contributed by atoms with E-state index in [9.17, 15) is 4.79 Å². The molecule has 1 aliphatic heterocycles. The smallest absolute Gasteiger partial charge is 0.237 e. The highest BCUT2D eigenvalue weighted by molar-refractivity contribution is 8.00. The number of aromatic nitrogens is 2. The number of hydrogen-bond acceptors (Lipinski definition) is 4. The van der Waals surface area contributed by atoms with Crippen molar-refractivity contribution in [3.8, 4) is 0 Å². The van der Waals surface area contributed by atoms with E-state index in [4.69, 9.17) is 0 Å². The molecule has 20 heavy (non-hydrogen) atoms. The highest BCUT2D eigenvalue weighted by Crippen LogP contribution is 2.29. The van der Waals surface area contributed by atoms with E-state index in [2.05, 4.69) is 40.7 Å². The van der Waals surface area contributed by atoms with E-state index in [1.165, 1.54) is 0 Å². The van der Waals surface area contributed by atoms with Gasteiger partial charge in [0.25, 0.3) is 0 Å². The third kappa shape index (κ3) is 3.17. The maximum absolute atomic E-state index is 12.3. The van der Waals surface area contributed by atoms with Crippen molar-refractivity contribution in [2.24, 2.45) is 0 Å². The van der Waals surface area contributed by atoms with Crippen LogP contribution in [0.3, 0.4) is 0 Å². The summed E-state index contributed by atoms with van der Waals surface area (Å²) in [6.45, 7) is 5.77. The first kappa shape index (κ1) is 15.4. The molecule has 2 heterocycles. The molecular weight excluding hydrogens is 272 g/mol. The lowest BCUT2D eigenvalue weighted by atomic mass is 10.0. The molecule has 5 nitrogen and oxygen atoms in total. The highest BCUT2D eigenvalue weighted by atomic mass is 32.2. The van der Waals surface area contributed by atoms with Gasteiger partial charge in [0.1, 0.15) is 0 Å². The van der Waals surface area contributed by atoms with Crippen LogP contribution in [0.5, 0.6) is 0 Å². The van der Waals surface area contributed by atoms with E-state index in [0.29, 0.717) is 13.0 Å². The Morgan fingerprint density at radius 1 is 1.55 bits per heavy atom. The molecule has 2 rings (SSSR count). The minimum Gasteiger partial charge on any atom is -0.353 e. The molecule has 1 aromatic rings. The summed E-state index contributed by atoms with van der Waals surface area (Å²) in [7, 11) is 0. The third-order valence-corrected chi connectivity index (χ3v) is 5.94. The Labute approximate surface area is 124 Å². The van der Waals surface area contributed by atoms with Crippen LogP contribution in [0.1, 0.15) is 38.1 Å². The molecule has 0 saturated carbocycles. The van der Waals surface area contributed by atoms with E-state index >= 15 is 0 Å². The average molecular weight is 296 g/mol. The normalized spacial score (nSPS) is 18.6. The first-order valence-electron chi connectivity index (χ1n) is 7.21. The molecule has 0 fully saturated rings. The molecule has 0 saturated heterocycles. The average Bonchev–Trinajstić information content (AvgIpc) is 2.96. The zero-order valence-corrected chi connectivity index (χ0v) is 13.3. The molecule has 1 unspecified atom stereocenters. The second-order valence-corrected chi connectivity index (χ2v) is 6.55. The Morgan fingerprint density at radius 2 is 2.30 bits per heavy atom. The van der Waals surface area contributed by atoms with Crippen molar-refractivity contribution in [3.63, 3.8) is 0 Å². The standard InChI is InChI=1S/C14H24N4OS/c1-4-14(5-2,20-3)8-16-13(19)11-6-10-12(7-15-11)18-9-17-10/h9,11,15H,4-8H2,1-3H3,(H,16,19)(H,17,18). The molecule has 1 amide bonds. The molecular formula is C14H24N4OS. The van der Waals surface area contributed by atoms with Crippen LogP contribution in [0, 0.1) is 0 Å². The molecule has 0 bridgehead atoms. The van der Waals surface area contributed by atoms with Crippen molar-refractivity contribution < 1.29 is 4.79 Å². The summed E-state index contributed by atoms with van der Waals surface area (Å²) in [5, 5.41) is 6.37. The second-order valence-electron chi connectivity index (χ2n) is 5.28. The van der Waals surface area contributed by atoms with Gasteiger partial charge >= 0.3 is 0 Å². The van der Waals surface area contributed by atoms with Gasteiger partial charge in [-0.3, -0.25) is 10.1 Å². The van der Waals surface area contributed by atoms with Gasteiger partial charge in [0.2, 0.25) is 5.91 Å². The SMILES string of the molecule is CCC(CC)(CNC(=O)C1Cc2nc[nH]c2CN1)SC. The molecule has 6 heteroatoms. The summed E-state index contributed by atoms with van der Waals surface area (Å²) in [5.41, 5.74) is 2.10. The summed E-state index contributed by atoms with van der Waals surface area (Å²) in [6.07, 6.45) is 6.60. The number of H-pyrrole nitrogens is 1. The fraction of sp³-hybridized carbons (Fsp3) is 0.714. The van der Waals surface area contributed by atoms with Crippen molar-refractivity contribution >= 4 is 17.7 Å². The van der Waals surface area contributed by atoms with Gasteiger partial charge in [0.05, 0.1) is 23.8 Å². The van der Waals surface area contributed by atoms with Gasteiger partial charge in [0.15, 0.2) is 0 Å². The number of rotatable bonds is 6. The van der Waals surface area contributed by atoms with Crippen LogP contribution in [0.25, 0.3) is 0 Å². The Morgan fingerprint density at radius 3 is 2.95 bits per heavy atom. The molecule has 3 N–H and O–H groups in total. The Hall–Kier alpha value is -1.01. The van der Waals surface area contributed by atoms with Crippen LogP contribution in [-0.2, 0) is 17.8 Å². The molecule has 1 aromatic heterocycles. The van der Waals surface area contributed by atoms with E-state index < -0.39 is 0 Å². The maximum Gasteiger partial charge on any atom is 0.237 e. The minimum atomic E-state index is -0.168. The summed E-state index contributed by atoms with van der Waals surface area (Å²) in [6, 6.07) is -0.168. The van der Waals surface area contributed by atoms with Crippen molar-refractivity contribution in [1.29, 1.82) is 0 Å². The van der Waals surface area contributed by atoms with Crippen LogP contribution in [0.4, 0.5) is 0 Å². The van der Waals surface area contributed by atoms with Gasteiger partial charge in [-0.1, -0.05) is 13.8 Å². The lowest BCUT2D eigenvalue weighted by Crippen LogP contribution is -2.50. The van der Waals surface area contributed by atoms with Gasteiger partial charge in [-0.05, 0) is 19.1 Å². The monoisotopic (exact) mass is 296 g/mol. The molecule has 0 aliphatic carbocycles. The zero-order valence-electron chi connectivity index (χ0n) is 12.5. The van der Waals surface area contributed by atoms with Crippen LogP contribution in [0.2, 0.25) is 0 Å². The number of carbonyl (C=O) groups excluding carboxylic acids is 1. The number of carbonyl (C=O) groups is 1. The number of hydrogen-bond donors (Lipinski definition) is 3. The van der Waals surface area contributed by atoms with Gasteiger partial charge in [-0.15, -0.1) is 0 Å². The maximum atomic E-state index is 12.3. The minimum absolute atomic E-state index is 0.0824. The Balaban J connectivity index is 1.90. The first-order chi connectivity index (χ1) is 9.64. The van der Waals surface area contributed by atoms with Gasteiger partial charge in [0, 0.05) is 24.3 Å². The number of amides is 1. The summed E-state index contributed by atoms with van der Waals surface area (Å²) >= 11 is 1.84. The molecule has 0 aromatic carbocycles. The van der Waals surface area contributed by atoms with E-state index in [1.807, 2.05) is 11.8 Å². The van der Waals surface area contributed by atoms with Gasteiger partial charge in [-0.25, -0.2) is 4.98 Å². The Kier molecular flexibility index (Phi) is 5.10. The topological polar surface area (TPSA) is 69.8 Å². The van der Waals surface area contributed by atoms with Crippen molar-refractivity contribution in [3.05, 3.63) is 17.7 Å². The van der Waals surface area contributed by atoms with Gasteiger partial charge < -0.3 is 10.3 Å². The number of aromatic amines is 1. The first-order valence-corrected chi connectivity index (χ1v) is 8.44. The Bertz CT molecular complexity index is 448. The number of nitrogens with one attached hydrogen (secondary N) is 3. The highest BCUT2D eigenvalue weighted by Gasteiger charge is 2.29. The summed E-state index contributed by atoms with van der Waals surface area (Å²) in [5.74, 6) is 0.0824. The molecule has 0 spiro atoms. The van der Waals surface area contributed by atoms with Gasteiger partial charge in [-0.2, -0.15) is 11.8 Å². The fourth-order valence-electron chi connectivity index (χ4n) is 2.59. The molecule has 0 radical (unpaired) electrons. The lowest BCUT2D eigenvalue weighted by Gasteiger charge is -2.31. The summed E-state index contributed by atoms with van der Waals surface area (Å²) in [4.78, 5) is 19.7. The van der Waals surface area contributed by atoms with E-state index in [1.54, 1.807) is 6.33 Å².